The summed E-state index contributed by atoms with van der Waals surface area (Å²) in [5.74, 6) is -0.858. The lowest BCUT2D eigenvalue weighted by molar-refractivity contribution is -0.136. The number of anilines is 1. The second-order valence-electron chi connectivity index (χ2n) is 1.74. The smallest absolute Gasteiger partial charge is 0.308 e. The van der Waals surface area contributed by atoms with E-state index in [1.54, 1.807) is 0 Å². The molecule has 0 bridgehead atoms. The molecule has 0 spiro atoms. The molecule has 0 aliphatic heterocycles. The Kier molecular flexibility index (Phi) is 4.06. The molecule has 3 N–H and O–H groups in total. The van der Waals surface area contributed by atoms with Crippen molar-refractivity contribution in [1.29, 1.82) is 0 Å². The molecule has 0 aliphatic carbocycles. The number of carbonyl (C=O) groups is 1. The Hall–Kier alpha value is -0.620. The Labute approximate surface area is 77.8 Å². The fraction of sp³-hybridized carbons (Fsp3) is 0.200. The predicted octanol–water partition coefficient (Wildman–Crippen LogP) is 0.930. The number of nitrogens with two attached hydrogens (primary N) is 1. The summed E-state index contributed by atoms with van der Waals surface area (Å²) in [6, 6.07) is 0. The minimum Gasteiger partial charge on any atom is -0.481 e. The molecule has 0 saturated carbocycles. The lowest BCUT2D eigenvalue weighted by Gasteiger charge is -1.84. The van der Waals surface area contributed by atoms with Gasteiger partial charge in [-0.25, -0.2) is 4.98 Å². The summed E-state index contributed by atoms with van der Waals surface area (Å²) >= 11 is 1.20. The number of nitrogen functional groups attached to an aromatic ring is 1. The van der Waals surface area contributed by atoms with Gasteiger partial charge in [0.05, 0.1) is 6.42 Å². The number of aromatic nitrogens is 1. The monoisotopic (exact) mass is 238 g/mol. The SMILES string of the molecule is Br.Nc1ncc(CC(=O)O)s1. The van der Waals surface area contributed by atoms with E-state index < -0.39 is 5.97 Å². The normalized spacial score (nSPS) is 8.73. The van der Waals surface area contributed by atoms with Gasteiger partial charge in [-0.2, -0.15) is 0 Å². The van der Waals surface area contributed by atoms with Gasteiger partial charge in [0.15, 0.2) is 5.13 Å². The summed E-state index contributed by atoms with van der Waals surface area (Å²) in [6.07, 6.45) is 1.49. The van der Waals surface area contributed by atoms with Crippen molar-refractivity contribution < 1.29 is 9.90 Å². The second-order valence-corrected chi connectivity index (χ2v) is 2.88. The fourth-order valence-electron chi connectivity index (χ4n) is 0.553. The molecule has 6 heteroatoms. The predicted molar refractivity (Wildman–Crippen MR) is 48.2 cm³/mol. The van der Waals surface area contributed by atoms with Crippen LogP contribution in [0.15, 0.2) is 6.20 Å². The van der Waals surface area contributed by atoms with Crippen LogP contribution >= 0.6 is 28.3 Å². The van der Waals surface area contributed by atoms with Crippen LogP contribution in [0.5, 0.6) is 0 Å². The molecule has 0 radical (unpaired) electrons. The largest absolute Gasteiger partial charge is 0.481 e. The highest BCUT2D eigenvalue weighted by atomic mass is 79.9. The Morgan fingerprint density at radius 2 is 2.45 bits per heavy atom. The molecule has 11 heavy (non-hydrogen) atoms. The summed E-state index contributed by atoms with van der Waals surface area (Å²) in [6.45, 7) is 0. The summed E-state index contributed by atoms with van der Waals surface area (Å²) < 4.78 is 0. The van der Waals surface area contributed by atoms with E-state index in [0.717, 1.165) is 0 Å². The molecule has 0 unspecified atom stereocenters. The number of rotatable bonds is 2. The first kappa shape index (κ1) is 10.4. The number of halogens is 1. The highest BCUT2D eigenvalue weighted by Crippen LogP contribution is 2.14. The van der Waals surface area contributed by atoms with Crippen LogP contribution < -0.4 is 5.73 Å². The van der Waals surface area contributed by atoms with Gasteiger partial charge < -0.3 is 10.8 Å². The third-order valence-electron chi connectivity index (χ3n) is 0.897. The maximum absolute atomic E-state index is 10.1. The van der Waals surface area contributed by atoms with Crippen molar-refractivity contribution >= 4 is 39.4 Å². The van der Waals surface area contributed by atoms with Gasteiger partial charge in [0.1, 0.15) is 0 Å². The first-order valence-corrected chi connectivity index (χ1v) is 3.42. The molecule has 4 nitrogen and oxygen atoms in total. The topological polar surface area (TPSA) is 76.2 Å². The summed E-state index contributed by atoms with van der Waals surface area (Å²) in [5.41, 5.74) is 5.27. The van der Waals surface area contributed by atoms with E-state index >= 15 is 0 Å². The van der Waals surface area contributed by atoms with Crippen LogP contribution in [0.2, 0.25) is 0 Å². The van der Waals surface area contributed by atoms with E-state index in [0.29, 0.717) is 10.0 Å². The Morgan fingerprint density at radius 3 is 2.82 bits per heavy atom. The van der Waals surface area contributed by atoms with Crippen LogP contribution in [-0.4, -0.2) is 16.1 Å². The minimum atomic E-state index is -0.858. The van der Waals surface area contributed by atoms with Crippen LogP contribution in [0.25, 0.3) is 0 Å². The van der Waals surface area contributed by atoms with E-state index in [2.05, 4.69) is 4.98 Å². The zero-order chi connectivity index (χ0) is 7.56. The van der Waals surface area contributed by atoms with Gasteiger partial charge in [0.25, 0.3) is 0 Å². The van der Waals surface area contributed by atoms with Gasteiger partial charge in [-0.1, -0.05) is 0 Å². The van der Waals surface area contributed by atoms with E-state index in [1.165, 1.54) is 17.5 Å². The quantitative estimate of drug-likeness (QED) is 0.804. The van der Waals surface area contributed by atoms with Crippen molar-refractivity contribution in [3.8, 4) is 0 Å². The lowest BCUT2D eigenvalue weighted by atomic mass is 10.4. The van der Waals surface area contributed by atoms with Gasteiger partial charge in [0.2, 0.25) is 0 Å². The number of aliphatic carboxylic acids is 1. The first-order chi connectivity index (χ1) is 4.68. The Balaban J connectivity index is 0.000001000. The summed E-state index contributed by atoms with van der Waals surface area (Å²) in [7, 11) is 0. The maximum Gasteiger partial charge on any atom is 0.308 e. The molecular weight excluding hydrogens is 232 g/mol. The maximum atomic E-state index is 10.1. The van der Waals surface area contributed by atoms with E-state index in [-0.39, 0.29) is 23.4 Å². The van der Waals surface area contributed by atoms with Crippen LogP contribution in [0.1, 0.15) is 4.88 Å². The van der Waals surface area contributed by atoms with E-state index in [9.17, 15) is 4.79 Å². The highest BCUT2D eigenvalue weighted by molar-refractivity contribution is 8.93. The minimum absolute atomic E-state index is 0. The number of thiazole rings is 1. The van der Waals surface area contributed by atoms with Gasteiger partial charge in [-0.05, 0) is 0 Å². The number of carboxylic acid groups (broad SMARTS) is 1. The summed E-state index contributed by atoms with van der Waals surface area (Å²) in [4.78, 5) is 14.5. The van der Waals surface area contributed by atoms with Crippen molar-refractivity contribution in [2.24, 2.45) is 0 Å². The molecule has 0 atom stereocenters. The molecule has 1 aromatic rings. The zero-order valence-electron chi connectivity index (χ0n) is 5.48. The van der Waals surface area contributed by atoms with Gasteiger partial charge in [0, 0.05) is 11.1 Å². The Bertz CT molecular complexity index is 250. The average Bonchev–Trinajstić information content (AvgIpc) is 2.13. The van der Waals surface area contributed by atoms with Crippen molar-refractivity contribution in [3.05, 3.63) is 11.1 Å². The van der Waals surface area contributed by atoms with Crippen LogP contribution in [0, 0.1) is 0 Å². The van der Waals surface area contributed by atoms with E-state index in [1.807, 2.05) is 0 Å². The van der Waals surface area contributed by atoms with Gasteiger partial charge in [-0.3, -0.25) is 4.79 Å². The molecule has 0 amide bonds. The van der Waals surface area contributed by atoms with Gasteiger partial charge in [-0.15, -0.1) is 28.3 Å². The van der Waals surface area contributed by atoms with Gasteiger partial charge >= 0.3 is 5.97 Å². The molecule has 62 valence electrons. The van der Waals surface area contributed by atoms with Crippen LogP contribution in [0.3, 0.4) is 0 Å². The summed E-state index contributed by atoms with van der Waals surface area (Å²) in [5, 5.41) is 8.73. The van der Waals surface area contributed by atoms with Crippen molar-refractivity contribution in [2.45, 2.75) is 6.42 Å². The Morgan fingerprint density at radius 1 is 1.82 bits per heavy atom. The zero-order valence-corrected chi connectivity index (χ0v) is 8.01. The van der Waals surface area contributed by atoms with Crippen molar-refractivity contribution in [3.63, 3.8) is 0 Å². The van der Waals surface area contributed by atoms with Crippen LogP contribution in [0.4, 0.5) is 5.13 Å². The molecule has 0 fully saturated rings. The number of hydrogen-bond acceptors (Lipinski definition) is 4. The standard InChI is InChI=1S/C5H6N2O2S.BrH/c6-5-7-2-3(10-5)1-4(8)9;/h2H,1H2,(H2,6,7)(H,8,9);1H. The molecule has 1 rings (SSSR count). The second kappa shape index (κ2) is 4.30. The van der Waals surface area contributed by atoms with Crippen molar-refractivity contribution in [2.75, 3.05) is 5.73 Å². The first-order valence-electron chi connectivity index (χ1n) is 2.60. The third kappa shape index (κ3) is 3.33. The molecule has 0 aromatic carbocycles. The van der Waals surface area contributed by atoms with Crippen LogP contribution in [-0.2, 0) is 11.2 Å². The average molecular weight is 239 g/mol. The number of nitrogens with zero attached hydrogens (tertiary/aromatic N) is 1. The lowest BCUT2D eigenvalue weighted by Crippen LogP contribution is -1.97. The number of hydrogen-bond donors (Lipinski definition) is 2. The van der Waals surface area contributed by atoms with Crippen molar-refractivity contribution in [1.82, 2.24) is 4.98 Å². The molecule has 0 aliphatic rings. The molecular formula is C5H7BrN2O2S. The molecule has 0 saturated heterocycles. The fourth-order valence-corrected chi connectivity index (χ4v) is 1.23. The van der Waals surface area contributed by atoms with E-state index in [4.69, 9.17) is 10.8 Å². The molecule has 1 aromatic heterocycles. The molecule has 1 heterocycles. The highest BCUT2D eigenvalue weighted by Gasteiger charge is 2.02. The third-order valence-corrected chi connectivity index (χ3v) is 1.72. The number of carboxylic acids is 1.